The predicted octanol–water partition coefficient (Wildman–Crippen LogP) is 4.00. The number of hydrogen-bond donors (Lipinski definition) is 1. The van der Waals surface area contributed by atoms with Crippen molar-refractivity contribution in [2.75, 3.05) is 19.8 Å². The average Bonchev–Trinajstić information content (AvgIpc) is 3.27. The molecule has 2 saturated heterocycles. The van der Waals surface area contributed by atoms with Gasteiger partial charge in [0.05, 0.1) is 6.67 Å². The maximum absolute atomic E-state index is 13.2. The third kappa shape index (κ3) is 3.60. The first kappa shape index (κ1) is 19.5. The Morgan fingerprint density at radius 2 is 1.73 bits per heavy atom. The zero-order chi connectivity index (χ0) is 20.6. The van der Waals surface area contributed by atoms with Gasteiger partial charge in [-0.2, -0.15) is 0 Å². The third-order valence-corrected chi connectivity index (χ3v) is 7.04. The van der Waals surface area contributed by atoms with Crippen molar-refractivity contribution in [1.82, 2.24) is 20.1 Å². The summed E-state index contributed by atoms with van der Waals surface area (Å²) in [7, 11) is 0. The molecule has 0 radical (unpaired) electrons. The number of carbonyl (C=O) groups excluding carboxylic acids is 2. The van der Waals surface area contributed by atoms with Crippen LogP contribution >= 0.6 is 0 Å². The van der Waals surface area contributed by atoms with E-state index in [0.717, 1.165) is 81.4 Å². The Morgan fingerprint density at radius 1 is 1.03 bits per heavy atom. The second-order valence-corrected chi connectivity index (χ2v) is 9.07. The minimum atomic E-state index is -0.659. The standard InChI is InChI=1S/C23H30N4O3/c28-21-23(12-6-2-1-3-7-13-23)25-22(29)27(21)16-26-14-10-17(11-15-26)20-24-18-8-4-5-9-19(18)30-20/h4-5,8-9,17H,1-3,6-7,10-16H2,(H,25,29). The van der Waals surface area contributed by atoms with Crippen LogP contribution in [0, 0.1) is 0 Å². The second-order valence-electron chi connectivity index (χ2n) is 9.07. The highest BCUT2D eigenvalue weighted by Crippen LogP contribution is 2.33. The molecule has 5 rings (SSSR count). The molecule has 0 atom stereocenters. The molecule has 3 heterocycles. The fourth-order valence-electron chi connectivity index (χ4n) is 5.24. The van der Waals surface area contributed by atoms with E-state index in [1.807, 2.05) is 24.3 Å². The first-order valence-corrected chi connectivity index (χ1v) is 11.4. The van der Waals surface area contributed by atoms with E-state index in [2.05, 4.69) is 15.2 Å². The fraction of sp³-hybridized carbons (Fsp3) is 0.609. The smallest absolute Gasteiger partial charge is 0.326 e. The Balaban J connectivity index is 1.21. The third-order valence-electron chi connectivity index (χ3n) is 7.04. The van der Waals surface area contributed by atoms with E-state index in [1.54, 1.807) is 0 Å². The topological polar surface area (TPSA) is 78.7 Å². The van der Waals surface area contributed by atoms with Crippen LogP contribution in [-0.4, -0.2) is 52.0 Å². The lowest BCUT2D eigenvalue weighted by Crippen LogP contribution is -2.48. The van der Waals surface area contributed by atoms with E-state index in [9.17, 15) is 9.59 Å². The number of rotatable bonds is 3. The zero-order valence-electron chi connectivity index (χ0n) is 17.4. The number of nitrogens with one attached hydrogen (secondary N) is 1. The van der Waals surface area contributed by atoms with E-state index in [1.165, 1.54) is 11.3 Å². The largest absolute Gasteiger partial charge is 0.440 e. The zero-order valence-corrected chi connectivity index (χ0v) is 17.4. The minimum absolute atomic E-state index is 0.0181. The van der Waals surface area contributed by atoms with Crippen molar-refractivity contribution in [3.63, 3.8) is 0 Å². The first-order chi connectivity index (χ1) is 14.6. The Bertz CT molecular complexity index is 890. The summed E-state index contributed by atoms with van der Waals surface area (Å²) < 4.78 is 5.95. The second kappa shape index (κ2) is 8.02. The van der Waals surface area contributed by atoms with E-state index in [4.69, 9.17) is 4.42 Å². The Kier molecular flexibility index (Phi) is 5.23. The van der Waals surface area contributed by atoms with Crippen molar-refractivity contribution in [2.45, 2.75) is 69.2 Å². The molecule has 0 bridgehead atoms. The van der Waals surface area contributed by atoms with E-state index in [0.29, 0.717) is 6.67 Å². The van der Waals surface area contributed by atoms with Crippen LogP contribution in [0.3, 0.4) is 0 Å². The molecule has 160 valence electrons. The van der Waals surface area contributed by atoms with Crippen molar-refractivity contribution in [3.8, 4) is 0 Å². The summed E-state index contributed by atoms with van der Waals surface area (Å²) >= 11 is 0. The molecule has 7 nitrogen and oxygen atoms in total. The summed E-state index contributed by atoms with van der Waals surface area (Å²) in [5.74, 6) is 1.07. The van der Waals surface area contributed by atoms with Crippen LogP contribution < -0.4 is 5.32 Å². The van der Waals surface area contributed by atoms with Gasteiger partial charge in [-0.05, 0) is 37.8 Å². The van der Waals surface area contributed by atoms with Gasteiger partial charge in [-0.25, -0.2) is 14.7 Å². The summed E-state index contributed by atoms with van der Waals surface area (Å²) in [5.41, 5.74) is 1.08. The molecular weight excluding hydrogens is 380 g/mol. The summed E-state index contributed by atoms with van der Waals surface area (Å²) in [5, 5.41) is 3.06. The number of imide groups is 1. The number of likely N-dealkylation sites (tertiary alicyclic amines) is 1. The predicted molar refractivity (Wildman–Crippen MR) is 113 cm³/mol. The highest BCUT2D eigenvalue weighted by atomic mass is 16.3. The van der Waals surface area contributed by atoms with E-state index >= 15 is 0 Å². The Hall–Kier alpha value is -2.41. The van der Waals surface area contributed by atoms with Crippen LogP contribution in [0.25, 0.3) is 11.1 Å². The molecular formula is C23H30N4O3. The molecule has 7 heteroatoms. The summed E-state index contributed by atoms with van der Waals surface area (Å²) in [6.45, 7) is 2.04. The number of carbonyl (C=O) groups is 2. The van der Waals surface area contributed by atoms with Crippen LogP contribution in [0.4, 0.5) is 4.79 Å². The van der Waals surface area contributed by atoms with Crippen molar-refractivity contribution in [2.24, 2.45) is 0 Å². The van der Waals surface area contributed by atoms with Crippen molar-refractivity contribution in [3.05, 3.63) is 30.2 Å². The number of oxazole rings is 1. The van der Waals surface area contributed by atoms with Gasteiger partial charge in [-0.15, -0.1) is 0 Å². The monoisotopic (exact) mass is 410 g/mol. The molecule has 1 saturated carbocycles. The van der Waals surface area contributed by atoms with Gasteiger partial charge in [0.2, 0.25) is 0 Å². The molecule has 1 spiro atoms. The van der Waals surface area contributed by atoms with Crippen molar-refractivity contribution < 1.29 is 14.0 Å². The van der Waals surface area contributed by atoms with Gasteiger partial charge >= 0.3 is 6.03 Å². The number of piperidine rings is 1. The SMILES string of the molecule is O=C1NC2(CCCCCCC2)C(=O)N1CN1CCC(c2nc3ccccc3o2)CC1. The molecule has 2 aliphatic heterocycles. The lowest BCUT2D eigenvalue weighted by molar-refractivity contribution is -0.133. The van der Waals surface area contributed by atoms with Crippen molar-refractivity contribution >= 4 is 23.0 Å². The number of aromatic nitrogens is 1. The molecule has 1 N–H and O–H groups in total. The normalized spacial score (nSPS) is 23.7. The summed E-state index contributed by atoms with van der Waals surface area (Å²) in [6, 6.07) is 7.63. The average molecular weight is 411 g/mol. The number of urea groups is 1. The summed E-state index contributed by atoms with van der Waals surface area (Å²) in [4.78, 5) is 34.2. The van der Waals surface area contributed by atoms with Gasteiger partial charge in [0.1, 0.15) is 11.1 Å². The van der Waals surface area contributed by atoms with Crippen LogP contribution in [0.15, 0.2) is 28.7 Å². The van der Waals surface area contributed by atoms with Gasteiger partial charge in [-0.3, -0.25) is 9.69 Å². The molecule has 3 amide bonds. The fourth-order valence-corrected chi connectivity index (χ4v) is 5.24. The van der Waals surface area contributed by atoms with E-state index in [-0.39, 0.29) is 17.9 Å². The minimum Gasteiger partial charge on any atom is -0.440 e. The van der Waals surface area contributed by atoms with Crippen LogP contribution in [0.5, 0.6) is 0 Å². The van der Waals surface area contributed by atoms with Gasteiger partial charge in [0.15, 0.2) is 11.5 Å². The van der Waals surface area contributed by atoms with Crippen LogP contribution in [0.1, 0.15) is 69.6 Å². The molecule has 2 aromatic rings. The molecule has 0 unspecified atom stereocenters. The lowest BCUT2D eigenvalue weighted by Gasteiger charge is -2.33. The molecule has 3 aliphatic rings. The number of benzene rings is 1. The molecule has 3 fully saturated rings. The quantitative estimate of drug-likeness (QED) is 0.774. The molecule has 30 heavy (non-hydrogen) atoms. The van der Waals surface area contributed by atoms with Gasteiger partial charge in [0, 0.05) is 19.0 Å². The van der Waals surface area contributed by atoms with Gasteiger partial charge in [-0.1, -0.05) is 44.2 Å². The number of fused-ring (bicyclic) bond motifs is 1. The Labute approximate surface area is 176 Å². The molecule has 1 aromatic carbocycles. The number of para-hydroxylation sites is 2. The first-order valence-electron chi connectivity index (χ1n) is 11.4. The van der Waals surface area contributed by atoms with Gasteiger partial charge in [0.25, 0.3) is 5.91 Å². The summed E-state index contributed by atoms with van der Waals surface area (Å²) in [6.07, 6.45) is 8.93. The lowest BCUT2D eigenvalue weighted by atomic mass is 9.84. The highest BCUT2D eigenvalue weighted by Gasteiger charge is 2.50. The molecule has 1 aliphatic carbocycles. The highest BCUT2D eigenvalue weighted by molar-refractivity contribution is 6.07. The number of nitrogens with zero attached hydrogens (tertiary/aromatic N) is 3. The Morgan fingerprint density at radius 3 is 2.47 bits per heavy atom. The van der Waals surface area contributed by atoms with Crippen LogP contribution in [-0.2, 0) is 4.79 Å². The van der Waals surface area contributed by atoms with Gasteiger partial charge < -0.3 is 9.73 Å². The number of amides is 3. The van der Waals surface area contributed by atoms with Crippen LogP contribution in [0.2, 0.25) is 0 Å². The molecule has 1 aromatic heterocycles. The van der Waals surface area contributed by atoms with Crippen molar-refractivity contribution in [1.29, 1.82) is 0 Å². The number of hydrogen-bond acceptors (Lipinski definition) is 5. The van der Waals surface area contributed by atoms with E-state index < -0.39 is 5.54 Å². The maximum atomic E-state index is 13.2. The maximum Gasteiger partial charge on any atom is 0.326 e.